The highest BCUT2D eigenvalue weighted by Gasteiger charge is 2.07. The number of urea groups is 1. The number of methoxy groups -OCH3 is 2. The van der Waals surface area contributed by atoms with Gasteiger partial charge in [0, 0.05) is 35.1 Å². The van der Waals surface area contributed by atoms with Gasteiger partial charge in [0.2, 0.25) is 5.91 Å². The van der Waals surface area contributed by atoms with Crippen LogP contribution in [-0.4, -0.2) is 26.2 Å². The number of hydrogen-bond acceptors (Lipinski definition) is 4. The van der Waals surface area contributed by atoms with Crippen molar-refractivity contribution in [2.75, 3.05) is 24.9 Å². The van der Waals surface area contributed by atoms with Crippen molar-refractivity contribution in [3.05, 3.63) is 48.0 Å². The molecular weight excluding hydrogens is 298 g/mol. The molecule has 0 bridgehead atoms. The van der Waals surface area contributed by atoms with Gasteiger partial charge in [-0.15, -0.1) is 0 Å². The monoisotopic (exact) mass is 315 g/mol. The molecule has 0 aliphatic heterocycles. The van der Waals surface area contributed by atoms with E-state index >= 15 is 0 Å². The van der Waals surface area contributed by atoms with Crippen LogP contribution in [0.4, 0.5) is 16.2 Å². The zero-order chi connectivity index (χ0) is 16.8. The SMILES string of the molecule is COc1cc(NC(=O)Nc2ccc(C(N)=O)cc2)cc(OC)c1. The van der Waals surface area contributed by atoms with E-state index in [0.717, 1.165) is 0 Å². The topological polar surface area (TPSA) is 103 Å². The number of hydrogen-bond donors (Lipinski definition) is 3. The normalized spacial score (nSPS) is 9.83. The molecule has 2 aromatic carbocycles. The van der Waals surface area contributed by atoms with E-state index in [9.17, 15) is 9.59 Å². The van der Waals surface area contributed by atoms with Gasteiger partial charge in [0.25, 0.3) is 0 Å². The third-order valence-electron chi connectivity index (χ3n) is 3.04. The summed E-state index contributed by atoms with van der Waals surface area (Å²) in [6, 6.07) is 10.8. The fourth-order valence-corrected chi connectivity index (χ4v) is 1.89. The van der Waals surface area contributed by atoms with Crippen molar-refractivity contribution in [2.24, 2.45) is 5.73 Å². The smallest absolute Gasteiger partial charge is 0.323 e. The van der Waals surface area contributed by atoms with E-state index in [4.69, 9.17) is 15.2 Å². The molecule has 0 fully saturated rings. The van der Waals surface area contributed by atoms with E-state index in [-0.39, 0.29) is 0 Å². The Morgan fingerprint density at radius 3 is 1.87 bits per heavy atom. The van der Waals surface area contributed by atoms with E-state index in [0.29, 0.717) is 28.4 Å². The Bertz CT molecular complexity index is 692. The van der Waals surface area contributed by atoms with E-state index in [1.807, 2.05) is 0 Å². The van der Waals surface area contributed by atoms with Crippen molar-refractivity contribution in [3.8, 4) is 11.5 Å². The summed E-state index contributed by atoms with van der Waals surface area (Å²) in [5.41, 5.74) is 6.58. The minimum atomic E-state index is -0.524. The van der Waals surface area contributed by atoms with Crippen LogP contribution in [0, 0.1) is 0 Å². The van der Waals surface area contributed by atoms with Crippen LogP contribution in [0.3, 0.4) is 0 Å². The molecule has 0 radical (unpaired) electrons. The molecule has 3 amide bonds. The van der Waals surface area contributed by atoms with Crippen LogP contribution in [-0.2, 0) is 0 Å². The Morgan fingerprint density at radius 1 is 0.870 bits per heavy atom. The molecule has 2 rings (SSSR count). The van der Waals surface area contributed by atoms with Gasteiger partial charge in [-0.05, 0) is 24.3 Å². The number of carbonyl (C=O) groups excluding carboxylic acids is 2. The highest BCUT2D eigenvalue weighted by Crippen LogP contribution is 2.25. The molecular formula is C16H17N3O4. The minimum Gasteiger partial charge on any atom is -0.497 e. The molecule has 0 unspecified atom stereocenters. The van der Waals surface area contributed by atoms with Gasteiger partial charge in [-0.25, -0.2) is 4.79 Å². The lowest BCUT2D eigenvalue weighted by atomic mass is 10.2. The Kier molecular flexibility index (Phi) is 5.03. The second-order valence-corrected chi connectivity index (χ2v) is 4.62. The number of benzene rings is 2. The summed E-state index contributed by atoms with van der Waals surface area (Å²) in [5, 5.41) is 5.32. The first-order chi connectivity index (χ1) is 11.0. The van der Waals surface area contributed by atoms with Crippen molar-refractivity contribution in [3.63, 3.8) is 0 Å². The summed E-state index contributed by atoms with van der Waals surface area (Å²) in [4.78, 5) is 23.0. The zero-order valence-corrected chi connectivity index (χ0v) is 12.8. The summed E-state index contributed by atoms with van der Waals surface area (Å²) in [6.45, 7) is 0. The summed E-state index contributed by atoms with van der Waals surface area (Å²) in [5.74, 6) is 0.598. The van der Waals surface area contributed by atoms with Crippen molar-refractivity contribution in [1.29, 1.82) is 0 Å². The quantitative estimate of drug-likeness (QED) is 0.788. The molecule has 0 heterocycles. The average Bonchev–Trinajstić information content (AvgIpc) is 2.54. The molecule has 2 aromatic rings. The standard InChI is InChI=1S/C16H17N3O4/c1-22-13-7-12(8-14(9-13)23-2)19-16(21)18-11-5-3-10(4-6-11)15(17)20/h3-9H,1-2H3,(H2,17,20)(H2,18,19,21). The summed E-state index contributed by atoms with van der Waals surface area (Å²) in [6.07, 6.45) is 0. The first kappa shape index (κ1) is 16.2. The van der Waals surface area contributed by atoms with Crippen LogP contribution in [0.2, 0.25) is 0 Å². The zero-order valence-electron chi connectivity index (χ0n) is 12.8. The molecule has 0 spiro atoms. The van der Waals surface area contributed by atoms with Crippen LogP contribution in [0.1, 0.15) is 10.4 Å². The lowest BCUT2D eigenvalue weighted by molar-refractivity contribution is 0.100. The van der Waals surface area contributed by atoms with Gasteiger partial charge < -0.3 is 25.8 Å². The molecule has 0 saturated heterocycles. The lowest BCUT2D eigenvalue weighted by Crippen LogP contribution is -2.19. The van der Waals surface area contributed by atoms with Crippen molar-refractivity contribution < 1.29 is 19.1 Å². The molecule has 120 valence electrons. The third-order valence-corrected chi connectivity index (χ3v) is 3.04. The number of carbonyl (C=O) groups is 2. The number of anilines is 2. The maximum absolute atomic E-state index is 12.0. The first-order valence-electron chi connectivity index (χ1n) is 6.73. The predicted molar refractivity (Wildman–Crippen MR) is 87.1 cm³/mol. The molecule has 0 aliphatic rings. The summed E-state index contributed by atoms with van der Waals surface area (Å²) < 4.78 is 10.3. The van der Waals surface area contributed by atoms with Gasteiger partial charge in [-0.3, -0.25) is 4.79 Å². The van der Waals surface area contributed by atoms with Crippen LogP contribution in [0.5, 0.6) is 11.5 Å². The molecule has 23 heavy (non-hydrogen) atoms. The van der Waals surface area contributed by atoms with Gasteiger partial charge in [-0.2, -0.15) is 0 Å². The largest absolute Gasteiger partial charge is 0.497 e. The fraction of sp³-hybridized carbons (Fsp3) is 0.125. The number of nitrogens with two attached hydrogens (primary N) is 1. The first-order valence-corrected chi connectivity index (χ1v) is 6.73. The Labute approximate surface area is 133 Å². The number of amides is 3. The van der Waals surface area contributed by atoms with Crippen molar-refractivity contribution >= 4 is 23.3 Å². The van der Waals surface area contributed by atoms with Gasteiger partial charge in [-0.1, -0.05) is 0 Å². The van der Waals surface area contributed by atoms with E-state index in [2.05, 4.69) is 10.6 Å². The van der Waals surface area contributed by atoms with E-state index < -0.39 is 11.9 Å². The number of ether oxygens (including phenoxy) is 2. The van der Waals surface area contributed by atoms with E-state index in [1.165, 1.54) is 26.4 Å². The van der Waals surface area contributed by atoms with Crippen molar-refractivity contribution in [1.82, 2.24) is 0 Å². The highest BCUT2D eigenvalue weighted by atomic mass is 16.5. The van der Waals surface area contributed by atoms with Crippen molar-refractivity contribution in [2.45, 2.75) is 0 Å². The minimum absolute atomic E-state index is 0.369. The molecule has 0 atom stereocenters. The Balaban J connectivity index is 2.05. The maximum Gasteiger partial charge on any atom is 0.323 e. The fourth-order valence-electron chi connectivity index (χ4n) is 1.89. The molecule has 0 saturated carbocycles. The summed E-state index contributed by atoms with van der Waals surface area (Å²) >= 11 is 0. The van der Waals surface area contributed by atoms with Gasteiger partial charge in [0.15, 0.2) is 0 Å². The molecule has 0 aliphatic carbocycles. The highest BCUT2D eigenvalue weighted by molar-refractivity contribution is 6.00. The van der Waals surface area contributed by atoms with Crippen LogP contribution >= 0.6 is 0 Å². The molecule has 0 aromatic heterocycles. The third kappa shape index (κ3) is 4.37. The second kappa shape index (κ2) is 7.17. The van der Waals surface area contributed by atoms with Gasteiger partial charge in [0.1, 0.15) is 11.5 Å². The van der Waals surface area contributed by atoms with Crippen LogP contribution in [0.15, 0.2) is 42.5 Å². The average molecular weight is 315 g/mol. The van der Waals surface area contributed by atoms with Crippen LogP contribution < -0.4 is 25.8 Å². The van der Waals surface area contributed by atoms with Crippen LogP contribution in [0.25, 0.3) is 0 Å². The molecule has 4 N–H and O–H groups in total. The lowest BCUT2D eigenvalue weighted by Gasteiger charge is -2.11. The van der Waals surface area contributed by atoms with Gasteiger partial charge >= 0.3 is 6.03 Å². The predicted octanol–water partition coefficient (Wildman–Crippen LogP) is 2.45. The number of nitrogens with one attached hydrogen (secondary N) is 2. The summed E-state index contributed by atoms with van der Waals surface area (Å²) in [7, 11) is 3.05. The Morgan fingerprint density at radius 2 is 1.39 bits per heavy atom. The van der Waals surface area contributed by atoms with Gasteiger partial charge in [0.05, 0.1) is 14.2 Å². The second-order valence-electron chi connectivity index (χ2n) is 4.62. The number of rotatable bonds is 5. The number of primary amides is 1. The van der Waals surface area contributed by atoms with E-state index in [1.54, 1.807) is 30.3 Å². The molecule has 7 nitrogen and oxygen atoms in total. The Hall–Kier alpha value is -3.22. The molecule has 7 heteroatoms. The maximum atomic E-state index is 12.0.